The zero-order valence-corrected chi connectivity index (χ0v) is 14.3. The van der Waals surface area contributed by atoms with Crippen molar-refractivity contribution in [1.29, 1.82) is 0 Å². The van der Waals surface area contributed by atoms with Gasteiger partial charge in [-0.1, -0.05) is 6.08 Å². The summed E-state index contributed by atoms with van der Waals surface area (Å²) in [5.41, 5.74) is 0.761. The molecule has 0 aliphatic heterocycles. The molecule has 0 spiro atoms. The number of nitrogens with zero attached hydrogens (tertiary/aromatic N) is 3. The number of hydrogen-bond donors (Lipinski definition) is 1. The molecule has 1 aromatic rings. The van der Waals surface area contributed by atoms with Crippen molar-refractivity contribution >= 4 is 21.6 Å². The van der Waals surface area contributed by atoms with E-state index in [1.54, 1.807) is 12.3 Å². The van der Waals surface area contributed by atoms with Gasteiger partial charge < -0.3 is 10.2 Å². The fourth-order valence-electron chi connectivity index (χ4n) is 2.90. The minimum Gasteiger partial charge on any atom is -0.369 e. The minimum absolute atomic E-state index is 0.108. The van der Waals surface area contributed by atoms with Gasteiger partial charge in [0.05, 0.1) is 18.4 Å². The maximum atomic E-state index is 12.2. The molecular formula is C15H23BrN4O. The predicted octanol–water partition coefficient (Wildman–Crippen LogP) is 2.16. The number of rotatable bonds is 5. The van der Waals surface area contributed by atoms with Gasteiger partial charge in [-0.05, 0) is 48.7 Å². The second-order valence-corrected chi connectivity index (χ2v) is 6.32. The molecule has 0 unspecified atom stereocenters. The first kappa shape index (κ1) is 16.2. The van der Waals surface area contributed by atoms with Gasteiger partial charge in [-0.3, -0.25) is 4.79 Å². The van der Waals surface area contributed by atoms with E-state index in [0.717, 1.165) is 18.5 Å². The van der Waals surface area contributed by atoms with Crippen LogP contribution in [0.4, 0.5) is 5.69 Å². The highest BCUT2D eigenvalue weighted by molar-refractivity contribution is 9.10. The predicted molar refractivity (Wildman–Crippen MR) is 89.9 cm³/mol. The van der Waals surface area contributed by atoms with Gasteiger partial charge in [0, 0.05) is 19.1 Å². The van der Waals surface area contributed by atoms with Crippen LogP contribution in [0.25, 0.3) is 0 Å². The molecule has 0 atom stereocenters. The summed E-state index contributed by atoms with van der Waals surface area (Å²) in [6.07, 6.45) is 8.03. The lowest BCUT2D eigenvalue weighted by Gasteiger charge is -2.36. The molecule has 0 aromatic carbocycles. The van der Waals surface area contributed by atoms with Crippen molar-refractivity contribution in [2.24, 2.45) is 0 Å². The molecule has 0 radical (unpaired) electrons. The maximum Gasteiger partial charge on any atom is 0.283 e. The van der Waals surface area contributed by atoms with E-state index in [4.69, 9.17) is 0 Å². The Hall–Kier alpha value is -1.14. The average molecular weight is 355 g/mol. The largest absolute Gasteiger partial charge is 0.369 e. The van der Waals surface area contributed by atoms with Crippen LogP contribution in [-0.4, -0.2) is 36.0 Å². The summed E-state index contributed by atoms with van der Waals surface area (Å²) in [5, 5.41) is 7.57. The molecule has 0 bridgehead atoms. The van der Waals surface area contributed by atoms with Crippen LogP contribution in [0.1, 0.15) is 25.7 Å². The van der Waals surface area contributed by atoms with Crippen LogP contribution >= 0.6 is 15.9 Å². The summed E-state index contributed by atoms with van der Waals surface area (Å²) in [5.74, 6) is 0. The maximum absolute atomic E-state index is 12.2. The Balaban J connectivity index is 2.16. The van der Waals surface area contributed by atoms with Crippen LogP contribution < -0.4 is 15.8 Å². The highest BCUT2D eigenvalue weighted by Gasteiger charge is 2.25. The molecule has 1 fully saturated rings. The lowest BCUT2D eigenvalue weighted by atomic mass is 9.90. The molecule has 1 aromatic heterocycles. The summed E-state index contributed by atoms with van der Waals surface area (Å²) < 4.78 is 1.99. The van der Waals surface area contributed by atoms with E-state index < -0.39 is 0 Å². The quantitative estimate of drug-likeness (QED) is 0.823. The van der Waals surface area contributed by atoms with Crippen LogP contribution in [0.5, 0.6) is 0 Å². The van der Waals surface area contributed by atoms with Crippen molar-refractivity contribution in [1.82, 2.24) is 15.1 Å². The van der Waals surface area contributed by atoms with E-state index in [1.165, 1.54) is 17.5 Å². The van der Waals surface area contributed by atoms with Crippen molar-refractivity contribution in [3.05, 3.63) is 33.7 Å². The number of nitrogens with one attached hydrogen (secondary N) is 1. The molecule has 116 valence electrons. The molecule has 1 heterocycles. The zero-order valence-electron chi connectivity index (χ0n) is 12.7. The monoisotopic (exact) mass is 354 g/mol. The van der Waals surface area contributed by atoms with Crippen molar-refractivity contribution in [3.8, 4) is 0 Å². The third-order valence-corrected chi connectivity index (χ3v) is 5.05. The first-order valence-corrected chi connectivity index (χ1v) is 8.14. The van der Waals surface area contributed by atoms with Gasteiger partial charge in [0.25, 0.3) is 5.56 Å². The zero-order chi connectivity index (χ0) is 15.4. The standard InChI is InChI=1S/C15H23BrN4O/c1-4-9-20-15(21)14(16)13(10-18-20)19(3)12-7-5-11(17-2)6-8-12/h4,10-12,17H,1,5-9H2,2-3H3. The number of aromatic nitrogens is 2. The molecule has 1 aliphatic carbocycles. The second-order valence-electron chi connectivity index (χ2n) is 5.52. The molecule has 21 heavy (non-hydrogen) atoms. The van der Waals surface area contributed by atoms with Crippen molar-refractivity contribution in [2.45, 2.75) is 44.3 Å². The normalized spacial score (nSPS) is 22.0. The van der Waals surface area contributed by atoms with E-state index in [1.807, 2.05) is 14.1 Å². The van der Waals surface area contributed by atoms with Crippen LogP contribution in [-0.2, 0) is 6.54 Å². The molecule has 6 heteroatoms. The SMILES string of the molecule is C=CCn1ncc(N(C)C2CCC(NC)CC2)c(Br)c1=O. The van der Waals surface area contributed by atoms with E-state index in [0.29, 0.717) is 23.1 Å². The Morgan fingerprint density at radius 1 is 1.52 bits per heavy atom. The highest BCUT2D eigenvalue weighted by Crippen LogP contribution is 2.29. The van der Waals surface area contributed by atoms with Crippen LogP contribution in [0.15, 0.2) is 28.1 Å². The summed E-state index contributed by atoms with van der Waals surface area (Å²) in [7, 11) is 4.07. The Bertz CT molecular complexity index is 549. The van der Waals surface area contributed by atoms with Gasteiger partial charge in [0.1, 0.15) is 4.47 Å². The number of anilines is 1. The molecule has 0 saturated heterocycles. The highest BCUT2D eigenvalue weighted by atomic mass is 79.9. The summed E-state index contributed by atoms with van der Waals surface area (Å²) in [6.45, 7) is 4.07. The van der Waals surface area contributed by atoms with Gasteiger partial charge in [-0.2, -0.15) is 5.10 Å². The van der Waals surface area contributed by atoms with Gasteiger partial charge >= 0.3 is 0 Å². The third-order valence-electron chi connectivity index (χ3n) is 4.30. The summed E-state index contributed by atoms with van der Waals surface area (Å²) in [6, 6.07) is 1.08. The Morgan fingerprint density at radius 2 is 2.19 bits per heavy atom. The van der Waals surface area contributed by atoms with Crippen LogP contribution in [0.3, 0.4) is 0 Å². The van der Waals surface area contributed by atoms with Gasteiger partial charge in [0.2, 0.25) is 0 Å². The van der Waals surface area contributed by atoms with Gasteiger partial charge in [-0.15, -0.1) is 6.58 Å². The number of hydrogen-bond acceptors (Lipinski definition) is 4. The van der Waals surface area contributed by atoms with Crippen LogP contribution in [0, 0.1) is 0 Å². The number of halogens is 1. The first-order chi connectivity index (χ1) is 10.1. The Labute approximate surface area is 134 Å². The van der Waals surface area contributed by atoms with Crippen LogP contribution in [0.2, 0.25) is 0 Å². The molecule has 0 amide bonds. The molecule has 2 rings (SSSR count). The van der Waals surface area contributed by atoms with E-state index in [2.05, 4.69) is 37.8 Å². The fraction of sp³-hybridized carbons (Fsp3) is 0.600. The molecule has 1 N–H and O–H groups in total. The minimum atomic E-state index is -0.108. The number of allylic oxidation sites excluding steroid dienone is 1. The lowest BCUT2D eigenvalue weighted by molar-refractivity contribution is 0.351. The van der Waals surface area contributed by atoms with E-state index in [9.17, 15) is 4.79 Å². The van der Waals surface area contributed by atoms with Crippen molar-refractivity contribution < 1.29 is 0 Å². The molecule has 5 nitrogen and oxygen atoms in total. The lowest BCUT2D eigenvalue weighted by Crippen LogP contribution is -2.40. The van der Waals surface area contributed by atoms with E-state index >= 15 is 0 Å². The smallest absolute Gasteiger partial charge is 0.283 e. The van der Waals surface area contributed by atoms with E-state index in [-0.39, 0.29) is 5.56 Å². The first-order valence-electron chi connectivity index (χ1n) is 7.35. The van der Waals surface area contributed by atoms with Crippen molar-refractivity contribution in [2.75, 3.05) is 19.0 Å². The molecule has 1 saturated carbocycles. The average Bonchev–Trinajstić information content (AvgIpc) is 2.52. The summed E-state index contributed by atoms with van der Waals surface area (Å²) in [4.78, 5) is 14.4. The topological polar surface area (TPSA) is 50.2 Å². The van der Waals surface area contributed by atoms with Crippen molar-refractivity contribution in [3.63, 3.8) is 0 Å². The molecule has 1 aliphatic rings. The second kappa shape index (κ2) is 7.22. The fourth-order valence-corrected chi connectivity index (χ4v) is 3.49. The Morgan fingerprint density at radius 3 is 2.76 bits per heavy atom. The molecular weight excluding hydrogens is 332 g/mol. The third kappa shape index (κ3) is 3.55. The van der Waals surface area contributed by atoms with Gasteiger partial charge in [-0.25, -0.2) is 4.68 Å². The van der Waals surface area contributed by atoms with Gasteiger partial charge in [0.15, 0.2) is 0 Å². The summed E-state index contributed by atoms with van der Waals surface area (Å²) >= 11 is 3.43. The Kier molecular flexibility index (Phi) is 5.58.